The molecule has 0 radical (unpaired) electrons. The van der Waals surface area contributed by atoms with Gasteiger partial charge in [0.2, 0.25) is 5.88 Å². The molecule has 27 heavy (non-hydrogen) atoms. The van der Waals surface area contributed by atoms with Crippen molar-refractivity contribution in [3.05, 3.63) is 64.0 Å². The van der Waals surface area contributed by atoms with E-state index >= 15 is 0 Å². The Hall–Kier alpha value is -3.45. The Kier molecular flexibility index (Phi) is 4.21. The van der Waals surface area contributed by atoms with Gasteiger partial charge in [-0.15, -0.1) is 0 Å². The first-order chi connectivity index (χ1) is 13.0. The Bertz CT molecular complexity index is 1120. The van der Waals surface area contributed by atoms with Gasteiger partial charge in [0.1, 0.15) is 0 Å². The van der Waals surface area contributed by atoms with Gasteiger partial charge in [0.15, 0.2) is 5.13 Å². The molecule has 1 aliphatic rings. The number of nitrogens with one attached hydrogen (secondary N) is 1. The normalized spacial score (nSPS) is 13.7. The zero-order valence-electron chi connectivity index (χ0n) is 14.3. The molecule has 1 aliphatic heterocycles. The zero-order chi connectivity index (χ0) is 19.0. The van der Waals surface area contributed by atoms with Crippen LogP contribution >= 0.6 is 11.3 Å². The van der Waals surface area contributed by atoms with Crippen LogP contribution in [-0.4, -0.2) is 27.4 Å². The lowest BCUT2D eigenvalue weighted by atomic mass is 10.1. The van der Waals surface area contributed by atoms with Gasteiger partial charge in [0.25, 0.3) is 0 Å². The molecule has 2 aromatic carbocycles. The number of fused-ring (bicyclic) bond motifs is 1. The Morgan fingerprint density at radius 3 is 2.85 bits per heavy atom. The van der Waals surface area contributed by atoms with Gasteiger partial charge < -0.3 is 15.5 Å². The third kappa shape index (κ3) is 3.32. The number of benzene rings is 2. The highest BCUT2D eigenvalue weighted by atomic mass is 32.1. The number of hydrogen-bond donors (Lipinski definition) is 3. The van der Waals surface area contributed by atoms with E-state index in [1.807, 2.05) is 37.3 Å². The maximum absolute atomic E-state index is 11.2. The summed E-state index contributed by atoms with van der Waals surface area (Å²) in [7, 11) is 0. The van der Waals surface area contributed by atoms with Crippen LogP contribution in [0.25, 0.3) is 11.6 Å². The van der Waals surface area contributed by atoms with Gasteiger partial charge in [-0.3, -0.25) is 4.99 Å². The molecule has 3 aromatic rings. The number of aromatic carboxylic acids is 1. The van der Waals surface area contributed by atoms with E-state index < -0.39 is 5.97 Å². The van der Waals surface area contributed by atoms with Gasteiger partial charge in [0.05, 0.1) is 16.1 Å². The van der Waals surface area contributed by atoms with Gasteiger partial charge in [-0.05, 0) is 36.8 Å². The van der Waals surface area contributed by atoms with Crippen molar-refractivity contribution >= 4 is 51.7 Å². The minimum atomic E-state index is -0.996. The molecule has 3 N–H and O–H groups in total. The highest BCUT2D eigenvalue weighted by Gasteiger charge is 2.15. The minimum absolute atomic E-state index is 0.0835. The molecule has 0 atom stereocenters. The molecule has 4 rings (SSSR count). The maximum Gasteiger partial charge on any atom is 0.335 e. The fraction of sp³-hybridized carbons (Fsp3) is 0.0500. The van der Waals surface area contributed by atoms with Crippen LogP contribution in [0.2, 0.25) is 0 Å². The first-order valence-electron chi connectivity index (χ1n) is 8.17. The molecule has 0 saturated carbocycles. The average Bonchev–Trinajstić information content (AvgIpc) is 3.21. The summed E-state index contributed by atoms with van der Waals surface area (Å²) in [5, 5.41) is 22.9. The van der Waals surface area contributed by atoms with E-state index in [1.165, 1.54) is 11.3 Å². The summed E-state index contributed by atoms with van der Waals surface area (Å²) < 4.78 is 0. The molecular weight excluding hydrogens is 362 g/mol. The summed E-state index contributed by atoms with van der Waals surface area (Å²) in [6, 6.07) is 12.6. The van der Waals surface area contributed by atoms with Crippen LogP contribution in [0, 0.1) is 6.92 Å². The van der Waals surface area contributed by atoms with Gasteiger partial charge >= 0.3 is 5.97 Å². The van der Waals surface area contributed by atoms with Crippen LogP contribution in [0.1, 0.15) is 26.4 Å². The molecule has 0 unspecified atom stereocenters. The fourth-order valence-electron chi connectivity index (χ4n) is 2.77. The van der Waals surface area contributed by atoms with Crippen molar-refractivity contribution in [1.82, 2.24) is 4.98 Å². The SMILES string of the molecule is Cc1ccc(C(=O)O)cc1Nc1nc(O)c(C=C2C=Nc3ccccc32)s1. The Morgan fingerprint density at radius 1 is 1.22 bits per heavy atom. The van der Waals surface area contributed by atoms with Crippen molar-refractivity contribution in [2.24, 2.45) is 4.99 Å². The second-order valence-electron chi connectivity index (χ2n) is 6.04. The van der Waals surface area contributed by atoms with Crippen molar-refractivity contribution in [3.63, 3.8) is 0 Å². The summed E-state index contributed by atoms with van der Waals surface area (Å²) in [6.45, 7) is 1.87. The third-order valence-electron chi connectivity index (χ3n) is 4.20. The molecule has 7 heteroatoms. The van der Waals surface area contributed by atoms with Crippen LogP contribution < -0.4 is 5.32 Å². The molecule has 0 aliphatic carbocycles. The van der Waals surface area contributed by atoms with E-state index in [0.29, 0.717) is 15.7 Å². The molecule has 0 saturated heterocycles. The Morgan fingerprint density at radius 2 is 2.04 bits per heavy atom. The van der Waals surface area contributed by atoms with Gasteiger partial charge in [-0.2, -0.15) is 4.98 Å². The molecule has 0 spiro atoms. The van der Waals surface area contributed by atoms with E-state index in [1.54, 1.807) is 24.4 Å². The van der Waals surface area contributed by atoms with Crippen molar-refractivity contribution in [1.29, 1.82) is 0 Å². The van der Waals surface area contributed by atoms with E-state index in [2.05, 4.69) is 15.3 Å². The lowest BCUT2D eigenvalue weighted by Gasteiger charge is -2.07. The van der Waals surface area contributed by atoms with E-state index in [0.717, 1.165) is 22.4 Å². The van der Waals surface area contributed by atoms with Crippen molar-refractivity contribution in [2.75, 3.05) is 5.32 Å². The standard InChI is InChI=1S/C20H15N3O3S/c1-11-6-7-12(19(25)26)8-16(11)22-20-23-18(24)17(27-20)9-13-10-21-15-5-3-2-4-14(13)15/h2-10,24H,1H3,(H,22,23)(H,25,26). The van der Waals surface area contributed by atoms with Crippen molar-refractivity contribution < 1.29 is 15.0 Å². The second kappa shape index (κ2) is 6.69. The smallest absolute Gasteiger partial charge is 0.335 e. The summed E-state index contributed by atoms with van der Waals surface area (Å²) in [5.74, 6) is -1.08. The van der Waals surface area contributed by atoms with E-state index in [9.17, 15) is 9.90 Å². The lowest BCUT2D eigenvalue weighted by Crippen LogP contribution is -1.99. The number of thiazole rings is 1. The number of aryl methyl sites for hydroxylation is 1. The van der Waals surface area contributed by atoms with Crippen LogP contribution in [0.15, 0.2) is 47.5 Å². The summed E-state index contributed by atoms with van der Waals surface area (Å²) in [5.41, 5.74) is 4.50. The molecule has 0 amide bonds. The van der Waals surface area contributed by atoms with Crippen LogP contribution in [0.3, 0.4) is 0 Å². The third-order valence-corrected chi connectivity index (χ3v) is 5.11. The minimum Gasteiger partial charge on any atom is -0.492 e. The van der Waals surface area contributed by atoms with Crippen molar-refractivity contribution in [3.8, 4) is 5.88 Å². The lowest BCUT2D eigenvalue weighted by molar-refractivity contribution is 0.0697. The summed E-state index contributed by atoms with van der Waals surface area (Å²) >= 11 is 1.28. The number of carbonyl (C=O) groups is 1. The second-order valence-corrected chi connectivity index (χ2v) is 7.07. The van der Waals surface area contributed by atoms with Crippen LogP contribution in [-0.2, 0) is 0 Å². The quantitative estimate of drug-likeness (QED) is 0.604. The highest BCUT2D eigenvalue weighted by Crippen LogP contribution is 2.37. The topological polar surface area (TPSA) is 94.8 Å². The van der Waals surface area contributed by atoms with Crippen LogP contribution in [0.5, 0.6) is 5.88 Å². The molecule has 134 valence electrons. The molecule has 2 heterocycles. The number of para-hydroxylation sites is 1. The summed E-state index contributed by atoms with van der Waals surface area (Å²) in [6.07, 6.45) is 3.60. The summed E-state index contributed by atoms with van der Waals surface area (Å²) in [4.78, 5) is 20.3. The first-order valence-corrected chi connectivity index (χ1v) is 8.99. The van der Waals surface area contributed by atoms with Crippen LogP contribution in [0.4, 0.5) is 16.5 Å². The number of allylic oxidation sites excluding steroid dienone is 1. The number of carboxylic acid groups (broad SMARTS) is 1. The van der Waals surface area contributed by atoms with Gasteiger partial charge in [-0.1, -0.05) is 35.6 Å². The van der Waals surface area contributed by atoms with Crippen molar-refractivity contribution in [2.45, 2.75) is 6.92 Å². The number of nitrogens with zero attached hydrogens (tertiary/aromatic N) is 2. The predicted octanol–water partition coefficient (Wildman–Crippen LogP) is 4.86. The highest BCUT2D eigenvalue weighted by molar-refractivity contribution is 7.16. The molecule has 0 fully saturated rings. The van der Waals surface area contributed by atoms with Gasteiger partial charge in [-0.25, -0.2) is 4.79 Å². The number of aliphatic imine (C=N–C) groups is 1. The maximum atomic E-state index is 11.2. The van der Waals surface area contributed by atoms with E-state index in [-0.39, 0.29) is 11.4 Å². The number of carboxylic acids is 1. The largest absolute Gasteiger partial charge is 0.492 e. The van der Waals surface area contributed by atoms with Gasteiger partial charge in [0, 0.05) is 23.0 Å². The molecule has 1 aromatic heterocycles. The van der Waals surface area contributed by atoms with E-state index in [4.69, 9.17) is 5.11 Å². The zero-order valence-corrected chi connectivity index (χ0v) is 15.1. The number of aromatic nitrogens is 1. The first kappa shape index (κ1) is 17.0. The molecular formula is C20H15N3O3S. The fourth-order valence-corrected chi connectivity index (χ4v) is 3.60. The molecule has 6 nitrogen and oxygen atoms in total. The predicted molar refractivity (Wildman–Crippen MR) is 108 cm³/mol. The Labute approximate surface area is 159 Å². The molecule has 0 bridgehead atoms. The average molecular weight is 377 g/mol. The number of hydrogen-bond acceptors (Lipinski definition) is 6. The monoisotopic (exact) mass is 377 g/mol. The number of anilines is 2. The number of aromatic hydroxyl groups is 1. The Balaban J connectivity index is 1.64. The number of rotatable bonds is 4.